The van der Waals surface area contributed by atoms with Crippen LogP contribution in [0.2, 0.25) is 6.32 Å². The van der Waals surface area contributed by atoms with Gasteiger partial charge in [-0.25, -0.2) is 0 Å². The Hall–Kier alpha value is -0.665. The molecule has 8 heteroatoms. The molecule has 0 radical (unpaired) electrons. The van der Waals surface area contributed by atoms with Crippen molar-refractivity contribution in [2.24, 2.45) is 5.73 Å². The molecule has 1 fully saturated rings. The van der Waals surface area contributed by atoms with E-state index in [1.807, 2.05) is 0 Å². The Balaban J connectivity index is 2.43. The van der Waals surface area contributed by atoms with Crippen molar-refractivity contribution in [2.75, 3.05) is 26.8 Å². The van der Waals surface area contributed by atoms with Gasteiger partial charge in [0.05, 0.1) is 6.61 Å². The van der Waals surface area contributed by atoms with Crippen LogP contribution < -0.4 is 5.73 Å². The molecular formula is C14H29BN2O5. The highest BCUT2D eigenvalue weighted by molar-refractivity contribution is 6.40. The smallest absolute Gasteiger partial charge is 0.451 e. The van der Waals surface area contributed by atoms with Crippen LogP contribution in [0, 0.1) is 0 Å². The highest BCUT2D eigenvalue weighted by atomic mass is 16.5. The fourth-order valence-electron chi connectivity index (χ4n) is 3.02. The first-order valence-electron chi connectivity index (χ1n) is 8.00. The van der Waals surface area contributed by atoms with Crippen molar-refractivity contribution < 1.29 is 24.7 Å². The van der Waals surface area contributed by atoms with E-state index in [4.69, 9.17) is 20.5 Å². The van der Waals surface area contributed by atoms with Crippen LogP contribution in [0.3, 0.4) is 0 Å². The van der Waals surface area contributed by atoms with Gasteiger partial charge in [0.1, 0.15) is 5.54 Å². The van der Waals surface area contributed by atoms with Gasteiger partial charge in [-0.15, -0.1) is 0 Å². The Labute approximate surface area is 132 Å². The Bertz CT molecular complexity index is 345. The molecule has 22 heavy (non-hydrogen) atoms. The van der Waals surface area contributed by atoms with Gasteiger partial charge >= 0.3 is 13.1 Å². The summed E-state index contributed by atoms with van der Waals surface area (Å²) in [4.78, 5) is 13.7. The summed E-state index contributed by atoms with van der Waals surface area (Å²) in [7, 11) is 0.340. The molecule has 1 rings (SSSR count). The number of hydrogen-bond acceptors (Lipinski definition) is 6. The average molecular weight is 316 g/mol. The molecule has 0 amide bonds. The highest BCUT2D eigenvalue weighted by Crippen LogP contribution is 2.22. The second-order valence-electron chi connectivity index (χ2n) is 6.23. The van der Waals surface area contributed by atoms with Crippen LogP contribution in [0.5, 0.6) is 0 Å². The molecule has 0 saturated carbocycles. The summed E-state index contributed by atoms with van der Waals surface area (Å²) < 4.78 is 5.20. The molecule has 128 valence electrons. The maximum absolute atomic E-state index is 11.5. The van der Waals surface area contributed by atoms with Gasteiger partial charge in [-0.2, -0.15) is 0 Å². The van der Waals surface area contributed by atoms with E-state index in [9.17, 15) is 9.90 Å². The fourth-order valence-corrected chi connectivity index (χ4v) is 3.02. The molecule has 0 aromatic heterocycles. The third-order valence-electron chi connectivity index (χ3n) is 4.46. The van der Waals surface area contributed by atoms with E-state index in [0.29, 0.717) is 44.9 Å². The lowest BCUT2D eigenvalue weighted by Gasteiger charge is -2.30. The first-order valence-corrected chi connectivity index (χ1v) is 8.00. The predicted octanol–water partition coefficient (Wildman–Crippen LogP) is -0.0875. The zero-order valence-electron chi connectivity index (χ0n) is 13.4. The van der Waals surface area contributed by atoms with Gasteiger partial charge in [0.2, 0.25) is 0 Å². The summed E-state index contributed by atoms with van der Waals surface area (Å²) >= 11 is 0. The van der Waals surface area contributed by atoms with Crippen molar-refractivity contribution in [2.45, 2.75) is 56.4 Å². The number of hydrogen-bond donors (Lipinski definition) is 4. The molecule has 5 N–H and O–H groups in total. The lowest BCUT2D eigenvalue weighted by molar-refractivity contribution is -0.144. The minimum Gasteiger partial charge on any atom is -0.480 e. The van der Waals surface area contributed by atoms with Crippen LogP contribution in [0.25, 0.3) is 0 Å². The standard InChI is InChI=1S/C14H29BN2O5/c1-22-11-12-5-4-9-17(12)10-7-14(16,13(18)19)6-2-3-8-15(20)21/h12,20-21H,2-11,16H2,1H3,(H,18,19)/t12-,14?/m1/s1. The summed E-state index contributed by atoms with van der Waals surface area (Å²) in [5.74, 6) is -0.987. The Kier molecular flexibility index (Phi) is 8.34. The summed E-state index contributed by atoms with van der Waals surface area (Å²) in [5, 5.41) is 27.0. The largest absolute Gasteiger partial charge is 0.480 e. The average Bonchev–Trinajstić information content (AvgIpc) is 2.89. The van der Waals surface area contributed by atoms with Gasteiger partial charge in [0.25, 0.3) is 0 Å². The van der Waals surface area contributed by atoms with Crippen molar-refractivity contribution in [3.8, 4) is 0 Å². The quantitative estimate of drug-likeness (QED) is 0.311. The first-order chi connectivity index (χ1) is 10.4. The van der Waals surface area contributed by atoms with Gasteiger partial charge in [-0.1, -0.05) is 12.8 Å². The van der Waals surface area contributed by atoms with Gasteiger partial charge in [-0.3, -0.25) is 9.69 Å². The number of carboxylic acid groups (broad SMARTS) is 1. The summed E-state index contributed by atoms with van der Waals surface area (Å²) in [5.41, 5.74) is 4.82. The second-order valence-corrected chi connectivity index (χ2v) is 6.23. The minimum absolute atomic E-state index is 0.248. The molecule has 0 bridgehead atoms. The molecule has 0 aromatic rings. The van der Waals surface area contributed by atoms with Crippen molar-refractivity contribution in [3.05, 3.63) is 0 Å². The lowest BCUT2D eigenvalue weighted by atomic mass is 9.81. The van der Waals surface area contributed by atoms with Crippen LogP contribution in [0.15, 0.2) is 0 Å². The number of likely N-dealkylation sites (tertiary alicyclic amines) is 1. The summed E-state index contributed by atoms with van der Waals surface area (Å²) in [6.45, 7) is 2.28. The van der Waals surface area contributed by atoms with Crippen molar-refractivity contribution in [1.29, 1.82) is 0 Å². The van der Waals surface area contributed by atoms with Crippen molar-refractivity contribution >= 4 is 13.1 Å². The lowest BCUT2D eigenvalue weighted by Crippen LogP contribution is -2.50. The molecule has 7 nitrogen and oxygen atoms in total. The number of aliphatic carboxylic acids is 1. The number of unbranched alkanes of at least 4 members (excludes halogenated alkanes) is 1. The molecule has 0 spiro atoms. The van der Waals surface area contributed by atoms with Crippen molar-refractivity contribution in [3.63, 3.8) is 0 Å². The second kappa shape index (κ2) is 9.47. The Morgan fingerprint density at radius 1 is 1.41 bits per heavy atom. The van der Waals surface area contributed by atoms with Crippen molar-refractivity contribution in [1.82, 2.24) is 4.90 Å². The van der Waals surface area contributed by atoms with E-state index in [2.05, 4.69) is 4.90 Å². The zero-order chi connectivity index (χ0) is 16.6. The molecule has 1 saturated heterocycles. The number of methoxy groups -OCH3 is 1. The Morgan fingerprint density at radius 3 is 2.73 bits per heavy atom. The number of nitrogens with zero attached hydrogens (tertiary/aromatic N) is 1. The maximum Gasteiger partial charge on any atom is 0.451 e. The van der Waals surface area contributed by atoms with Crippen LogP contribution in [0.4, 0.5) is 0 Å². The van der Waals surface area contributed by atoms with E-state index in [-0.39, 0.29) is 6.32 Å². The van der Waals surface area contributed by atoms with Crippen LogP contribution >= 0.6 is 0 Å². The molecular weight excluding hydrogens is 287 g/mol. The third kappa shape index (κ3) is 6.22. The molecule has 0 aromatic carbocycles. The Morgan fingerprint density at radius 2 is 2.14 bits per heavy atom. The van der Waals surface area contributed by atoms with E-state index in [0.717, 1.165) is 19.4 Å². The van der Waals surface area contributed by atoms with E-state index in [1.165, 1.54) is 0 Å². The third-order valence-corrected chi connectivity index (χ3v) is 4.46. The van der Waals surface area contributed by atoms with Gasteiger partial charge in [-0.05, 0) is 38.5 Å². The van der Waals surface area contributed by atoms with E-state index in [1.54, 1.807) is 7.11 Å². The number of ether oxygens (including phenoxy) is 1. The number of carboxylic acids is 1. The SMILES string of the molecule is COC[C@H]1CCCN1CCC(N)(CCCCB(O)O)C(=O)O. The highest BCUT2D eigenvalue weighted by Gasteiger charge is 2.35. The number of nitrogens with two attached hydrogens (primary N) is 1. The number of rotatable bonds is 11. The topological polar surface area (TPSA) is 116 Å². The van der Waals surface area contributed by atoms with Gasteiger partial charge in [0, 0.05) is 19.7 Å². The van der Waals surface area contributed by atoms with Gasteiger partial charge in [0.15, 0.2) is 0 Å². The zero-order valence-corrected chi connectivity index (χ0v) is 13.4. The van der Waals surface area contributed by atoms with Crippen LogP contribution in [0.1, 0.15) is 38.5 Å². The monoisotopic (exact) mass is 316 g/mol. The van der Waals surface area contributed by atoms with Crippen LogP contribution in [-0.2, 0) is 9.53 Å². The fraction of sp³-hybridized carbons (Fsp3) is 0.929. The molecule has 1 aliphatic rings. The molecule has 0 aliphatic carbocycles. The molecule has 1 heterocycles. The number of carbonyl (C=O) groups is 1. The van der Waals surface area contributed by atoms with E-state index >= 15 is 0 Å². The maximum atomic E-state index is 11.5. The molecule has 1 aliphatic heterocycles. The molecule has 1 unspecified atom stereocenters. The summed E-state index contributed by atoms with van der Waals surface area (Å²) in [6, 6.07) is 0.354. The summed E-state index contributed by atoms with van der Waals surface area (Å²) in [6.07, 6.45) is 4.29. The normalized spacial score (nSPS) is 21.7. The molecule has 2 atom stereocenters. The predicted molar refractivity (Wildman–Crippen MR) is 84.5 cm³/mol. The van der Waals surface area contributed by atoms with Crippen LogP contribution in [-0.4, -0.2) is 71.5 Å². The first kappa shape index (κ1) is 19.4. The van der Waals surface area contributed by atoms with Gasteiger partial charge < -0.3 is 25.6 Å². The minimum atomic E-state index is -1.34. The van der Waals surface area contributed by atoms with E-state index < -0.39 is 18.6 Å².